The number of benzene rings is 1. The third kappa shape index (κ3) is 3.29. The van der Waals surface area contributed by atoms with Gasteiger partial charge in [-0.2, -0.15) is 11.8 Å². The molecule has 0 amide bonds. The predicted molar refractivity (Wildman–Crippen MR) is 85.3 cm³/mol. The molecule has 2 unspecified atom stereocenters. The third-order valence-electron chi connectivity index (χ3n) is 4.67. The summed E-state index contributed by atoms with van der Waals surface area (Å²) in [4.78, 5) is 0. The van der Waals surface area contributed by atoms with E-state index in [1.165, 1.54) is 37.7 Å². The molecule has 1 aromatic rings. The molecule has 2 fully saturated rings. The first-order chi connectivity index (χ1) is 9.24. The molecule has 1 aromatic carbocycles. The van der Waals surface area contributed by atoms with Crippen LogP contribution >= 0.6 is 23.4 Å². The van der Waals surface area contributed by atoms with Crippen molar-refractivity contribution in [3.05, 3.63) is 34.9 Å². The molecule has 104 valence electrons. The van der Waals surface area contributed by atoms with Gasteiger partial charge >= 0.3 is 0 Å². The Hall–Kier alpha value is -0.180. The van der Waals surface area contributed by atoms with Crippen LogP contribution in [0.25, 0.3) is 0 Å². The number of rotatable bonds is 4. The Morgan fingerprint density at radius 3 is 2.42 bits per heavy atom. The molecule has 0 radical (unpaired) electrons. The van der Waals surface area contributed by atoms with Gasteiger partial charge in [0.15, 0.2) is 0 Å². The van der Waals surface area contributed by atoms with Crippen LogP contribution in [-0.2, 0) is 0 Å². The van der Waals surface area contributed by atoms with Gasteiger partial charge in [-0.25, -0.2) is 0 Å². The summed E-state index contributed by atoms with van der Waals surface area (Å²) in [5.74, 6) is 0.743. The predicted octanol–water partition coefficient (Wildman–Crippen LogP) is 4.46. The molecule has 2 aliphatic rings. The molecular weight excluding hydrogens is 274 g/mol. The minimum absolute atomic E-state index is 0.742. The van der Waals surface area contributed by atoms with E-state index < -0.39 is 0 Å². The van der Waals surface area contributed by atoms with E-state index in [1.54, 1.807) is 0 Å². The first-order valence-electron chi connectivity index (χ1n) is 7.29. The molecule has 0 spiro atoms. The molecule has 2 aliphatic carbocycles. The van der Waals surface area contributed by atoms with Crippen molar-refractivity contribution in [2.75, 3.05) is 6.26 Å². The van der Waals surface area contributed by atoms with Crippen LogP contribution in [0.2, 0.25) is 5.02 Å². The van der Waals surface area contributed by atoms with Gasteiger partial charge in [0.1, 0.15) is 0 Å². The average Bonchev–Trinajstić information content (AvgIpc) is 2.82. The molecule has 1 nitrogen and oxygen atoms in total. The largest absolute Gasteiger partial charge is 0.311 e. The van der Waals surface area contributed by atoms with Crippen molar-refractivity contribution in [3.8, 4) is 0 Å². The van der Waals surface area contributed by atoms with Gasteiger partial charge in [-0.3, -0.25) is 0 Å². The highest BCUT2D eigenvalue weighted by atomic mass is 35.5. The molecule has 0 aromatic heterocycles. The molecule has 0 bridgehead atoms. The number of hydrogen-bond donors (Lipinski definition) is 1. The van der Waals surface area contributed by atoms with Crippen LogP contribution in [0.4, 0.5) is 0 Å². The quantitative estimate of drug-likeness (QED) is 0.880. The normalized spacial score (nSPS) is 34.2. The second-order valence-electron chi connectivity index (χ2n) is 5.95. The maximum absolute atomic E-state index is 5.93. The minimum atomic E-state index is 0.742. The van der Waals surface area contributed by atoms with Gasteiger partial charge in [-0.15, -0.1) is 0 Å². The fourth-order valence-corrected chi connectivity index (χ4v) is 4.32. The summed E-state index contributed by atoms with van der Waals surface area (Å²) >= 11 is 7.97. The maximum atomic E-state index is 5.93. The lowest BCUT2D eigenvalue weighted by molar-refractivity contribution is 0.265. The maximum Gasteiger partial charge on any atom is 0.0406 e. The van der Waals surface area contributed by atoms with Crippen LogP contribution < -0.4 is 5.32 Å². The van der Waals surface area contributed by atoms with Gasteiger partial charge in [-0.1, -0.05) is 23.7 Å². The van der Waals surface area contributed by atoms with E-state index in [-0.39, 0.29) is 0 Å². The molecule has 2 atom stereocenters. The summed E-state index contributed by atoms with van der Waals surface area (Å²) in [6.07, 6.45) is 8.96. The lowest BCUT2D eigenvalue weighted by Gasteiger charge is -2.38. The minimum Gasteiger partial charge on any atom is -0.311 e. The summed E-state index contributed by atoms with van der Waals surface area (Å²) in [7, 11) is 0. The number of thioether (sulfide) groups is 1. The zero-order chi connectivity index (χ0) is 13.2. The molecule has 0 heterocycles. The highest BCUT2D eigenvalue weighted by Gasteiger charge is 2.33. The molecule has 0 aliphatic heterocycles. The van der Waals surface area contributed by atoms with Crippen molar-refractivity contribution in [3.63, 3.8) is 0 Å². The van der Waals surface area contributed by atoms with Crippen LogP contribution in [0, 0.1) is 0 Å². The Kier molecular flexibility index (Phi) is 4.40. The van der Waals surface area contributed by atoms with Crippen LogP contribution in [0.3, 0.4) is 0 Å². The second kappa shape index (κ2) is 6.07. The van der Waals surface area contributed by atoms with Gasteiger partial charge in [0.25, 0.3) is 0 Å². The lowest BCUT2D eigenvalue weighted by Crippen LogP contribution is -2.44. The Labute approximate surface area is 125 Å². The molecule has 0 saturated heterocycles. The van der Waals surface area contributed by atoms with E-state index >= 15 is 0 Å². The van der Waals surface area contributed by atoms with Crippen LogP contribution in [0.15, 0.2) is 24.3 Å². The fraction of sp³-hybridized carbons (Fsp3) is 0.625. The van der Waals surface area contributed by atoms with E-state index in [0.717, 1.165) is 28.3 Å². The highest BCUT2D eigenvalue weighted by molar-refractivity contribution is 7.99. The second-order valence-corrected chi connectivity index (χ2v) is 7.53. The van der Waals surface area contributed by atoms with Crippen molar-refractivity contribution in [2.24, 2.45) is 0 Å². The smallest absolute Gasteiger partial charge is 0.0406 e. The fourth-order valence-electron chi connectivity index (χ4n) is 3.40. The van der Waals surface area contributed by atoms with Crippen LogP contribution in [-0.4, -0.2) is 23.6 Å². The monoisotopic (exact) mass is 295 g/mol. The molecule has 3 rings (SSSR count). The molecular formula is C16H22ClNS. The molecule has 1 N–H and O–H groups in total. The Morgan fingerprint density at radius 1 is 1.05 bits per heavy atom. The van der Waals surface area contributed by atoms with Gasteiger partial charge in [0, 0.05) is 22.4 Å². The highest BCUT2D eigenvalue weighted by Crippen LogP contribution is 2.38. The standard InChI is InChI=1S/C16H22ClNS/c1-19-16-7-6-14(10-16)18-15-8-12(9-15)11-2-4-13(17)5-3-11/h2-5,12,14-16,18H,6-10H2,1H3. The van der Waals surface area contributed by atoms with Crippen LogP contribution in [0.1, 0.15) is 43.6 Å². The molecule has 3 heteroatoms. The zero-order valence-corrected chi connectivity index (χ0v) is 13.0. The third-order valence-corrected chi connectivity index (χ3v) is 6.02. The molecule has 19 heavy (non-hydrogen) atoms. The van der Waals surface area contributed by atoms with Gasteiger partial charge < -0.3 is 5.32 Å². The number of nitrogens with one attached hydrogen (secondary N) is 1. The van der Waals surface area contributed by atoms with Gasteiger partial charge in [-0.05, 0) is 62.0 Å². The Morgan fingerprint density at radius 2 is 1.79 bits per heavy atom. The van der Waals surface area contributed by atoms with Crippen molar-refractivity contribution < 1.29 is 0 Å². The van der Waals surface area contributed by atoms with Crippen molar-refractivity contribution >= 4 is 23.4 Å². The zero-order valence-electron chi connectivity index (χ0n) is 11.4. The summed E-state index contributed by atoms with van der Waals surface area (Å²) in [6, 6.07) is 9.90. The molecule has 2 saturated carbocycles. The Balaban J connectivity index is 1.44. The summed E-state index contributed by atoms with van der Waals surface area (Å²) in [5.41, 5.74) is 1.45. The Bertz CT molecular complexity index is 413. The van der Waals surface area contributed by atoms with Crippen molar-refractivity contribution in [2.45, 2.75) is 55.4 Å². The summed E-state index contributed by atoms with van der Waals surface area (Å²) in [5, 5.41) is 5.58. The first-order valence-corrected chi connectivity index (χ1v) is 8.95. The number of hydrogen-bond acceptors (Lipinski definition) is 2. The van der Waals surface area contributed by atoms with Crippen LogP contribution in [0.5, 0.6) is 0 Å². The SMILES string of the molecule is CSC1CCC(NC2CC(c3ccc(Cl)cc3)C2)C1. The van der Waals surface area contributed by atoms with Crippen molar-refractivity contribution in [1.82, 2.24) is 5.32 Å². The van der Waals surface area contributed by atoms with E-state index in [4.69, 9.17) is 11.6 Å². The number of halogens is 1. The van der Waals surface area contributed by atoms with Gasteiger partial charge in [0.2, 0.25) is 0 Å². The summed E-state index contributed by atoms with van der Waals surface area (Å²) in [6.45, 7) is 0. The van der Waals surface area contributed by atoms with E-state index in [1.807, 2.05) is 23.9 Å². The average molecular weight is 296 g/mol. The van der Waals surface area contributed by atoms with E-state index in [2.05, 4.69) is 23.7 Å². The van der Waals surface area contributed by atoms with E-state index in [9.17, 15) is 0 Å². The topological polar surface area (TPSA) is 12.0 Å². The van der Waals surface area contributed by atoms with Crippen molar-refractivity contribution in [1.29, 1.82) is 0 Å². The van der Waals surface area contributed by atoms with E-state index in [0.29, 0.717) is 0 Å². The lowest BCUT2D eigenvalue weighted by atomic mass is 9.75. The summed E-state index contributed by atoms with van der Waals surface area (Å²) < 4.78 is 0. The van der Waals surface area contributed by atoms with Gasteiger partial charge in [0.05, 0.1) is 0 Å². The first kappa shape index (κ1) is 13.8.